The first-order valence-electron chi connectivity index (χ1n) is 7.16. The topological polar surface area (TPSA) is 29.5 Å². The minimum Gasteiger partial charge on any atom is -0.486 e. The lowest BCUT2D eigenvalue weighted by molar-refractivity contribution is 0.198. The van der Waals surface area contributed by atoms with Gasteiger partial charge in [-0.1, -0.05) is 44.2 Å². The fourth-order valence-corrected chi connectivity index (χ4v) is 2.05. The maximum atomic E-state index is 13.8. The van der Waals surface area contributed by atoms with E-state index in [9.17, 15) is 9.50 Å². The van der Waals surface area contributed by atoms with Gasteiger partial charge >= 0.3 is 0 Å². The summed E-state index contributed by atoms with van der Waals surface area (Å²) in [5.41, 5.74) is 2.81. The molecule has 0 fully saturated rings. The molecule has 0 aliphatic heterocycles. The zero-order valence-electron chi connectivity index (χ0n) is 12.6. The molecule has 21 heavy (non-hydrogen) atoms. The van der Waals surface area contributed by atoms with Crippen molar-refractivity contribution < 1.29 is 14.2 Å². The molecule has 2 aromatic carbocycles. The molecule has 2 aromatic rings. The number of rotatable bonds is 5. The van der Waals surface area contributed by atoms with E-state index in [4.69, 9.17) is 4.74 Å². The molecule has 2 nitrogen and oxygen atoms in total. The molecule has 0 radical (unpaired) electrons. The van der Waals surface area contributed by atoms with Gasteiger partial charge in [0, 0.05) is 0 Å². The molecule has 0 heterocycles. The second-order valence-electron chi connectivity index (χ2n) is 5.55. The fraction of sp³-hybridized carbons (Fsp3) is 0.333. The summed E-state index contributed by atoms with van der Waals surface area (Å²) < 4.78 is 19.3. The molecular weight excluding hydrogens is 267 g/mol. The molecule has 0 saturated heterocycles. The van der Waals surface area contributed by atoms with Crippen molar-refractivity contribution in [3.63, 3.8) is 0 Å². The van der Waals surface area contributed by atoms with E-state index in [1.54, 1.807) is 19.1 Å². The Balaban J connectivity index is 2.02. The maximum Gasteiger partial charge on any atom is 0.165 e. The first kappa shape index (κ1) is 15.5. The van der Waals surface area contributed by atoms with Gasteiger partial charge in [0.1, 0.15) is 6.61 Å². The molecule has 0 spiro atoms. The average Bonchev–Trinajstić information content (AvgIpc) is 2.46. The number of aliphatic hydroxyl groups excluding tert-OH is 1. The largest absolute Gasteiger partial charge is 0.486 e. The van der Waals surface area contributed by atoms with Crippen molar-refractivity contribution in [1.29, 1.82) is 0 Å². The molecule has 0 saturated carbocycles. The Morgan fingerprint density at radius 2 is 1.62 bits per heavy atom. The third-order valence-electron chi connectivity index (χ3n) is 3.48. The van der Waals surface area contributed by atoms with Gasteiger partial charge in [-0.2, -0.15) is 0 Å². The average molecular weight is 288 g/mol. The van der Waals surface area contributed by atoms with Crippen molar-refractivity contribution in [1.82, 2.24) is 0 Å². The van der Waals surface area contributed by atoms with Crippen molar-refractivity contribution in [2.24, 2.45) is 0 Å². The van der Waals surface area contributed by atoms with Crippen LogP contribution in [0, 0.1) is 5.82 Å². The van der Waals surface area contributed by atoms with Gasteiger partial charge in [0.2, 0.25) is 0 Å². The van der Waals surface area contributed by atoms with Gasteiger partial charge < -0.3 is 9.84 Å². The smallest absolute Gasteiger partial charge is 0.165 e. The molecule has 3 heteroatoms. The molecule has 1 N–H and O–H groups in total. The van der Waals surface area contributed by atoms with Crippen molar-refractivity contribution in [3.05, 3.63) is 65.0 Å². The molecule has 1 atom stereocenters. The maximum absolute atomic E-state index is 13.8. The van der Waals surface area contributed by atoms with E-state index in [-0.39, 0.29) is 5.75 Å². The Morgan fingerprint density at radius 1 is 1.00 bits per heavy atom. The zero-order chi connectivity index (χ0) is 15.4. The van der Waals surface area contributed by atoms with Gasteiger partial charge in [0.15, 0.2) is 11.6 Å². The van der Waals surface area contributed by atoms with E-state index in [1.165, 1.54) is 11.6 Å². The minimum absolute atomic E-state index is 0.201. The molecule has 112 valence electrons. The van der Waals surface area contributed by atoms with Crippen molar-refractivity contribution in [3.8, 4) is 5.75 Å². The lowest BCUT2D eigenvalue weighted by Crippen LogP contribution is -1.99. The van der Waals surface area contributed by atoms with Crippen LogP contribution in [0.3, 0.4) is 0 Å². The Morgan fingerprint density at radius 3 is 2.14 bits per heavy atom. The van der Waals surface area contributed by atoms with Crippen LogP contribution in [0.15, 0.2) is 42.5 Å². The normalized spacial score (nSPS) is 12.5. The van der Waals surface area contributed by atoms with E-state index in [0.717, 1.165) is 5.56 Å². The predicted octanol–water partition coefficient (Wildman–Crippen LogP) is 4.58. The van der Waals surface area contributed by atoms with Gasteiger partial charge in [0.25, 0.3) is 0 Å². The number of ether oxygens (including phenoxy) is 1. The Kier molecular flexibility index (Phi) is 4.97. The van der Waals surface area contributed by atoms with Gasteiger partial charge in [-0.3, -0.25) is 0 Å². The number of hydrogen-bond donors (Lipinski definition) is 1. The monoisotopic (exact) mass is 288 g/mol. The molecule has 0 aliphatic carbocycles. The number of halogens is 1. The van der Waals surface area contributed by atoms with Crippen LogP contribution >= 0.6 is 0 Å². The van der Waals surface area contributed by atoms with Crippen LogP contribution in [0.4, 0.5) is 4.39 Å². The molecule has 0 amide bonds. The second-order valence-corrected chi connectivity index (χ2v) is 5.55. The van der Waals surface area contributed by atoms with E-state index in [1.807, 2.05) is 12.1 Å². The van der Waals surface area contributed by atoms with Gasteiger partial charge in [-0.25, -0.2) is 4.39 Å². The summed E-state index contributed by atoms with van der Waals surface area (Å²) in [6.07, 6.45) is -0.683. The predicted molar refractivity (Wildman–Crippen MR) is 81.9 cm³/mol. The summed E-state index contributed by atoms with van der Waals surface area (Å²) in [4.78, 5) is 0. The first-order valence-corrected chi connectivity index (χ1v) is 7.16. The SMILES string of the molecule is CC(C)c1ccc(COc2ccc([C@@H](C)O)cc2F)cc1. The highest BCUT2D eigenvalue weighted by molar-refractivity contribution is 5.31. The first-order chi connectivity index (χ1) is 9.97. The Hall–Kier alpha value is -1.87. The summed E-state index contributed by atoms with van der Waals surface area (Å²) in [5, 5.41) is 9.41. The van der Waals surface area contributed by atoms with Crippen LogP contribution in [-0.2, 0) is 6.61 Å². The Bertz CT molecular complexity index is 589. The van der Waals surface area contributed by atoms with Gasteiger partial charge in [-0.05, 0) is 41.7 Å². The standard InChI is InChI=1S/C18H21FO2/c1-12(2)15-6-4-14(5-7-15)11-21-18-9-8-16(13(3)20)10-17(18)19/h4-10,12-13,20H,11H2,1-3H3/t13-/m1/s1. The molecule has 0 aromatic heterocycles. The second kappa shape index (κ2) is 6.72. The van der Waals surface area contributed by atoms with E-state index in [2.05, 4.69) is 26.0 Å². The highest BCUT2D eigenvalue weighted by Crippen LogP contribution is 2.23. The fourth-order valence-electron chi connectivity index (χ4n) is 2.05. The number of hydrogen-bond acceptors (Lipinski definition) is 2. The van der Waals surface area contributed by atoms with Crippen molar-refractivity contribution in [2.75, 3.05) is 0 Å². The highest BCUT2D eigenvalue weighted by atomic mass is 19.1. The summed E-state index contributed by atoms with van der Waals surface area (Å²) in [5.74, 6) is 0.241. The third kappa shape index (κ3) is 4.05. The molecule has 2 rings (SSSR count). The molecule has 0 aliphatic rings. The third-order valence-corrected chi connectivity index (χ3v) is 3.48. The van der Waals surface area contributed by atoms with Gasteiger partial charge in [-0.15, -0.1) is 0 Å². The zero-order valence-corrected chi connectivity index (χ0v) is 12.6. The Labute approximate surface area is 125 Å². The quantitative estimate of drug-likeness (QED) is 0.872. The summed E-state index contributed by atoms with van der Waals surface area (Å²) in [6.45, 7) is 6.21. The molecular formula is C18H21FO2. The minimum atomic E-state index is -0.683. The molecule has 0 unspecified atom stereocenters. The van der Waals surface area contributed by atoms with E-state index >= 15 is 0 Å². The van der Waals surface area contributed by atoms with Crippen LogP contribution in [0.1, 0.15) is 49.5 Å². The van der Waals surface area contributed by atoms with Crippen LogP contribution < -0.4 is 4.74 Å². The number of aliphatic hydroxyl groups is 1. The summed E-state index contributed by atoms with van der Waals surface area (Å²) in [7, 11) is 0. The van der Waals surface area contributed by atoms with E-state index < -0.39 is 11.9 Å². The van der Waals surface area contributed by atoms with Crippen LogP contribution in [0.2, 0.25) is 0 Å². The highest BCUT2D eigenvalue weighted by Gasteiger charge is 2.08. The summed E-state index contributed by atoms with van der Waals surface area (Å²) in [6, 6.07) is 12.7. The van der Waals surface area contributed by atoms with Crippen molar-refractivity contribution in [2.45, 2.75) is 39.4 Å². The lowest BCUT2D eigenvalue weighted by Gasteiger charge is -2.11. The van der Waals surface area contributed by atoms with Gasteiger partial charge in [0.05, 0.1) is 6.10 Å². The lowest BCUT2D eigenvalue weighted by atomic mass is 10.0. The van der Waals surface area contributed by atoms with Crippen LogP contribution in [0.25, 0.3) is 0 Å². The van der Waals surface area contributed by atoms with Crippen LogP contribution in [-0.4, -0.2) is 5.11 Å². The summed E-state index contributed by atoms with van der Waals surface area (Å²) >= 11 is 0. The molecule has 0 bridgehead atoms. The van der Waals surface area contributed by atoms with E-state index in [0.29, 0.717) is 18.1 Å². The van der Waals surface area contributed by atoms with Crippen molar-refractivity contribution >= 4 is 0 Å². The number of benzene rings is 2. The van der Waals surface area contributed by atoms with Crippen LogP contribution in [0.5, 0.6) is 5.75 Å².